The summed E-state index contributed by atoms with van der Waals surface area (Å²) in [6.45, 7) is 2.37. The van der Waals surface area contributed by atoms with Gasteiger partial charge in [0.1, 0.15) is 10.1 Å². The molecule has 0 aromatic carbocycles. The van der Waals surface area contributed by atoms with Crippen LogP contribution in [-0.4, -0.2) is 43.5 Å². The Morgan fingerprint density at radius 2 is 2.14 bits per heavy atom. The molecule has 0 unspecified atom stereocenters. The van der Waals surface area contributed by atoms with Crippen molar-refractivity contribution in [3.05, 3.63) is 57.0 Å². The first-order valence-electron chi connectivity index (χ1n) is 9.02. The van der Waals surface area contributed by atoms with Gasteiger partial charge in [0.25, 0.3) is 5.56 Å². The summed E-state index contributed by atoms with van der Waals surface area (Å²) in [7, 11) is 0. The van der Waals surface area contributed by atoms with Crippen LogP contribution in [0.3, 0.4) is 0 Å². The van der Waals surface area contributed by atoms with Crippen LogP contribution in [0.4, 0.5) is 5.82 Å². The van der Waals surface area contributed by atoms with Gasteiger partial charge in [-0.15, -0.1) is 0 Å². The molecule has 1 fully saturated rings. The van der Waals surface area contributed by atoms with E-state index in [1.807, 2.05) is 22.8 Å². The summed E-state index contributed by atoms with van der Waals surface area (Å²) >= 11 is 10.3. The maximum absolute atomic E-state index is 12.2. The van der Waals surface area contributed by atoms with Crippen LogP contribution in [0, 0.1) is 5.92 Å². The number of carbonyl (C=O) groups is 1. The molecule has 2 aromatic rings. The highest BCUT2D eigenvalue weighted by Crippen LogP contribution is 2.36. The van der Waals surface area contributed by atoms with E-state index >= 15 is 0 Å². The highest BCUT2D eigenvalue weighted by molar-refractivity contribution is 9.10. The molecule has 2 aliphatic rings. The number of halogens is 1. The normalized spacial score (nSPS) is 20.4. The third kappa shape index (κ3) is 4.31. The van der Waals surface area contributed by atoms with E-state index in [2.05, 4.69) is 31.1 Å². The summed E-state index contributed by atoms with van der Waals surface area (Å²) in [5, 5.41) is 2.78. The topological polar surface area (TPSA) is 67.2 Å². The second-order valence-corrected chi connectivity index (χ2v) is 9.59. The van der Waals surface area contributed by atoms with Gasteiger partial charge < -0.3 is 14.8 Å². The molecule has 1 saturated heterocycles. The molecule has 6 nitrogen and oxygen atoms in total. The van der Waals surface area contributed by atoms with E-state index in [9.17, 15) is 9.59 Å². The number of hydrogen-bond donors (Lipinski definition) is 1. The van der Waals surface area contributed by atoms with E-state index in [1.54, 1.807) is 18.3 Å². The second-order valence-electron chi connectivity index (χ2n) is 7.07. The average Bonchev–Trinajstić information content (AvgIpc) is 2.68. The molecule has 2 aromatic heterocycles. The summed E-state index contributed by atoms with van der Waals surface area (Å²) in [6.07, 6.45) is 2.73. The number of carbonyl (C=O) groups excluding carboxylic acids is 1. The van der Waals surface area contributed by atoms with Gasteiger partial charge in [0.2, 0.25) is 5.91 Å². The predicted octanol–water partition coefficient (Wildman–Crippen LogP) is 3.08. The number of thiocarbonyl (C=S) groups is 1. The smallest absolute Gasteiger partial charge is 0.250 e. The van der Waals surface area contributed by atoms with Crippen molar-refractivity contribution < 1.29 is 4.79 Å². The minimum absolute atomic E-state index is 0.0795. The average molecular weight is 479 g/mol. The maximum atomic E-state index is 12.2. The van der Waals surface area contributed by atoms with Crippen LogP contribution < -0.4 is 10.9 Å². The molecule has 4 rings (SSSR count). The van der Waals surface area contributed by atoms with Crippen molar-refractivity contribution in [2.24, 2.45) is 5.92 Å². The number of piperidine rings is 1. The SMILES string of the molecule is O=C(CSC(=S)N1C[C@H]2C[C@@H](C1)c1cccc(=O)n1C2)Nc1ccc(Br)cn1. The summed E-state index contributed by atoms with van der Waals surface area (Å²) in [6, 6.07) is 9.08. The molecule has 1 amide bonds. The van der Waals surface area contributed by atoms with Gasteiger partial charge in [0, 0.05) is 48.0 Å². The van der Waals surface area contributed by atoms with Crippen molar-refractivity contribution in [2.75, 3.05) is 24.2 Å². The Morgan fingerprint density at radius 3 is 2.93 bits per heavy atom. The molecule has 0 spiro atoms. The number of hydrogen-bond acceptors (Lipinski definition) is 5. The van der Waals surface area contributed by atoms with Gasteiger partial charge in [0.15, 0.2) is 0 Å². The molecule has 0 saturated carbocycles. The van der Waals surface area contributed by atoms with Gasteiger partial charge in [-0.1, -0.05) is 30.0 Å². The van der Waals surface area contributed by atoms with Crippen molar-refractivity contribution in [1.82, 2.24) is 14.5 Å². The first-order valence-corrected chi connectivity index (χ1v) is 11.2. The molecule has 146 valence electrons. The second kappa shape index (κ2) is 8.34. The quantitative estimate of drug-likeness (QED) is 0.683. The Labute approximate surface area is 180 Å². The summed E-state index contributed by atoms with van der Waals surface area (Å²) in [5.74, 6) is 1.36. The Balaban J connectivity index is 1.34. The monoisotopic (exact) mass is 478 g/mol. The maximum Gasteiger partial charge on any atom is 0.250 e. The zero-order chi connectivity index (χ0) is 19.7. The third-order valence-corrected chi connectivity index (χ3v) is 7.05. The lowest BCUT2D eigenvalue weighted by molar-refractivity contribution is -0.113. The van der Waals surface area contributed by atoms with Crippen LogP contribution in [0.5, 0.6) is 0 Å². The fourth-order valence-electron chi connectivity index (χ4n) is 3.89. The van der Waals surface area contributed by atoms with Crippen LogP contribution in [-0.2, 0) is 11.3 Å². The minimum atomic E-state index is -0.128. The zero-order valence-electron chi connectivity index (χ0n) is 15.0. The fraction of sp³-hybridized carbons (Fsp3) is 0.368. The van der Waals surface area contributed by atoms with E-state index < -0.39 is 0 Å². The number of rotatable bonds is 3. The molecule has 2 bridgehead atoms. The Hall–Kier alpha value is -1.71. The van der Waals surface area contributed by atoms with E-state index in [4.69, 9.17) is 12.2 Å². The summed E-state index contributed by atoms with van der Waals surface area (Å²) < 4.78 is 3.51. The van der Waals surface area contributed by atoms with Gasteiger partial charge in [-0.05, 0) is 46.5 Å². The molecule has 9 heteroatoms. The number of thioether (sulfide) groups is 1. The number of likely N-dealkylation sites (tertiary alicyclic amines) is 1. The van der Waals surface area contributed by atoms with E-state index in [0.717, 1.165) is 40.5 Å². The molecule has 4 heterocycles. The van der Waals surface area contributed by atoms with Crippen molar-refractivity contribution in [3.63, 3.8) is 0 Å². The van der Waals surface area contributed by atoms with Crippen LogP contribution >= 0.6 is 39.9 Å². The van der Waals surface area contributed by atoms with Gasteiger partial charge in [-0.3, -0.25) is 9.59 Å². The van der Waals surface area contributed by atoms with Gasteiger partial charge >= 0.3 is 0 Å². The molecule has 0 aliphatic carbocycles. The van der Waals surface area contributed by atoms with E-state index in [0.29, 0.717) is 17.7 Å². The van der Waals surface area contributed by atoms with E-state index in [1.165, 1.54) is 11.8 Å². The standard InChI is InChI=1S/C19H19BrN4O2S2/c20-14-4-5-16(21-7-14)22-17(25)11-28-19(27)23-8-12-6-13(10-23)15-2-1-3-18(26)24(15)9-12/h1-5,7,12-13H,6,8-11H2,(H,21,22,25)/t12-,13+/m1/s1. The number of nitrogens with zero attached hydrogens (tertiary/aromatic N) is 3. The van der Waals surface area contributed by atoms with Crippen molar-refractivity contribution in [3.8, 4) is 0 Å². The van der Waals surface area contributed by atoms with Gasteiger partial charge in [-0.25, -0.2) is 4.98 Å². The van der Waals surface area contributed by atoms with Gasteiger partial charge in [-0.2, -0.15) is 0 Å². The third-order valence-electron chi connectivity index (χ3n) is 5.06. The number of nitrogens with one attached hydrogen (secondary N) is 1. The number of pyridine rings is 2. The van der Waals surface area contributed by atoms with Crippen LogP contribution in [0.15, 0.2) is 45.8 Å². The Morgan fingerprint density at radius 1 is 1.29 bits per heavy atom. The lowest BCUT2D eigenvalue weighted by Crippen LogP contribution is -2.48. The predicted molar refractivity (Wildman–Crippen MR) is 119 cm³/mol. The van der Waals surface area contributed by atoms with Crippen LogP contribution in [0.2, 0.25) is 0 Å². The highest BCUT2D eigenvalue weighted by Gasteiger charge is 2.35. The first kappa shape index (κ1) is 19.6. The van der Waals surface area contributed by atoms with Crippen molar-refractivity contribution in [1.29, 1.82) is 0 Å². The number of aromatic nitrogens is 2. The summed E-state index contributed by atoms with van der Waals surface area (Å²) in [5.41, 5.74) is 1.18. The fourth-order valence-corrected chi connectivity index (χ4v) is 5.11. The van der Waals surface area contributed by atoms with Crippen LogP contribution in [0.25, 0.3) is 0 Å². The van der Waals surface area contributed by atoms with Crippen molar-refractivity contribution in [2.45, 2.75) is 18.9 Å². The highest BCUT2D eigenvalue weighted by atomic mass is 79.9. The largest absolute Gasteiger partial charge is 0.356 e. The first-order chi connectivity index (χ1) is 13.5. The number of anilines is 1. The molecule has 2 atom stereocenters. The molecule has 2 aliphatic heterocycles. The number of amides is 1. The lowest BCUT2D eigenvalue weighted by Gasteiger charge is -2.43. The van der Waals surface area contributed by atoms with Crippen molar-refractivity contribution >= 4 is 56.0 Å². The molecule has 0 radical (unpaired) electrons. The number of fused-ring (bicyclic) bond motifs is 4. The molecular weight excluding hydrogens is 460 g/mol. The Kier molecular flexibility index (Phi) is 5.84. The molecule has 1 N–H and O–H groups in total. The molecule has 28 heavy (non-hydrogen) atoms. The van der Waals surface area contributed by atoms with Gasteiger partial charge in [0.05, 0.1) is 5.75 Å². The summed E-state index contributed by atoms with van der Waals surface area (Å²) in [4.78, 5) is 30.6. The van der Waals surface area contributed by atoms with E-state index in [-0.39, 0.29) is 17.2 Å². The lowest BCUT2D eigenvalue weighted by atomic mass is 9.83. The van der Waals surface area contributed by atoms with Crippen LogP contribution in [0.1, 0.15) is 18.0 Å². The minimum Gasteiger partial charge on any atom is -0.356 e. The zero-order valence-corrected chi connectivity index (χ0v) is 18.2. The Bertz CT molecular complexity index is 963. The molecular formula is C19H19BrN4O2S2.